The Hall–Kier alpha value is -1.35. The molecule has 0 saturated heterocycles. The minimum absolute atomic E-state index is 0. The molecule has 0 aliphatic rings. The fraction of sp³-hybridized carbons (Fsp3) is 0.400. The van der Waals surface area contributed by atoms with E-state index in [4.69, 9.17) is 0 Å². The number of guanidine groups is 1. The van der Waals surface area contributed by atoms with Crippen molar-refractivity contribution in [3.8, 4) is 0 Å². The second kappa shape index (κ2) is 12.9. The molecule has 0 atom stereocenters. The minimum atomic E-state index is -0.196. The normalized spacial score (nSPS) is 11.0. The van der Waals surface area contributed by atoms with Gasteiger partial charge in [-0.05, 0) is 61.4 Å². The fourth-order valence-corrected chi connectivity index (χ4v) is 3.10. The molecule has 0 saturated carbocycles. The summed E-state index contributed by atoms with van der Waals surface area (Å²) in [5.74, 6) is 1.36. The Balaban J connectivity index is 0.00000364. The van der Waals surface area contributed by atoms with Gasteiger partial charge in [-0.15, -0.1) is 24.0 Å². The minimum Gasteiger partial charge on any atom is -0.357 e. The first-order chi connectivity index (χ1) is 12.6. The zero-order valence-corrected chi connectivity index (χ0v) is 19.2. The molecule has 7 heteroatoms. The summed E-state index contributed by atoms with van der Waals surface area (Å²) in [5.41, 5.74) is 4.28. The van der Waals surface area contributed by atoms with Gasteiger partial charge in [0.1, 0.15) is 5.82 Å². The summed E-state index contributed by atoms with van der Waals surface area (Å²) in [4.78, 5) is 8.97. The van der Waals surface area contributed by atoms with E-state index in [-0.39, 0.29) is 29.8 Å². The first-order valence-electron chi connectivity index (χ1n) is 8.82. The second-order valence-electron chi connectivity index (χ2n) is 6.03. The molecule has 2 rings (SSSR count). The van der Waals surface area contributed by atoms with E-state index in [1.165, 1.54) is 11.6 Å². The van der Waals surface area contributed by atoms with Crippen molar-refractivity contribution in [2.24, 2.45) is 4.99 Å². The van der Waals surface area contributed by atoms with Crippen molar-refractivity contribution in [1.82, 2.24) is 15.6 Å². The number of hydrogen-bond donors (Lipinski definition) is 2. The molecule has 0 fully saturated rings. The van der Waals surface area contributed by atoms with Crippen LogP contribution < -0.4 is 10.6 Å². The molecular formula is C20H28FIN4S. The van der Waals surface area contributed by atoms with Gasteiger partial charge in [-0.25, -0.2) is 9.38 Å². The molecule has 0 bridgehead atoms. The van der Waals surface area contributed by atoms with Crippen LogP contribution in [0.4, 0.5) is 4.39 Å². The van der Waals surface area contributed by atoms with Crippen LogP contribution in [0.3, 0.4) is 0 Å². The lowest BCUT2D eigenvalue weighted by Gasteiger charge is -2.12. The Morgan fingerprint density at radius 2 is 2.00 bits per heavy atom. The first-order valence-corrected chi connectivity index (χ1v) is 10.2. The fourth-order valence-electron chi connectivity index (χ4n) is 2.52. The number of nitrogens with zero attached hydrogens (tertiary/aromatic N) is 2. The number of aryl methyl sites for hydroxylation is 1. The predicted molar refractivity (Wildman–Crippen MR) is 125 cm³/mol. The molecule has 0 spiro atoms. The maximum Gasteiger partial charge on any atom is 0.191 e. The Morgan fingerprint density at radius 3 is 2.67 bits per heavy atom. The lowest BCUT2D eigenvalue weighted by atomic mass is 10.1. The molecule has 0 aliphatic carbocycles. The summed E-state index contributed by atoms with van der Waals surface area (Å²) in [6.07, 6.45) is 4.81. The number of nitrogens with one attached hydrogen (secondary N) is 2. The van der Waals surface area contributed by atoms with E-state index < -0.39 is 0 Å². The monoisotopic (exact) mass is 502 g/mol. The molecule has 148 valence electrons. The van der Waals surface area contributed by atoms with Gasteiger partial charge in [0.05, 0.1) is 6.54 Å². The van der Waals surface area contributed by atoms with Crippen LogP contribution in [-0.4, -0.2) is 30.3 Å². The highest BCUT2D eigenvalue weighted by molar-refractivity contribution is 14.0. The largest absolute Gasteiger partial charge is 0.357 e. The quantitative estimate of drug-likeness (QED) is 0.321. The van der Waals surface area contributed by atoms with Gasteiger partial charge in [0.15, 0.2) is 5.96 Å². The van der Waals surface area contributed by atoms with E-state index in [0.29, 0.717) is 6.54 Å². The number of hydrogen-bond acceptors (Lipinski definition) is 3. The van der Waals surface area contributed by atoms with E-state index in [2.05, 4.69) is 26.7 Å². The highest BCUT2D eigenvalue weighted by atomic mass is 127. The van der Waals surface area contributed by atoms with Crippen LogP contribution in [0.1, 0.15) is 29.3 Å². The molecule has 1 aromatic carbocycles. The maximum absolute atomic E-state index is 13.5. The van der Waals surface area contributed by atoms with Crippen LogP contribution in [0.5, 0.6) is 0 Å². The molecule has 1 aromatic heterocycles. The average Bonchev–Trinajstić information content (AvgIpc) is 2.63. The lowest BCUT2D eigenvalue weighted by molar-refractivity contribution is 0.625. The van der Waals surface area contributed by atoms with E-state index in [9.17, 15) is 4.39 Å². The highest BCUT2D eigenvalue weighted by Crippen LogP contribution is 2.17. The van der Waals surface area contributed by atoms with Gasteiger partial charge < -0.3 is 10.6 Å². The number of aliphatic imine (C=N–C) groups is 1. The average molecular weight is 502 g/mol. The van der Waals surface area contributed by atoms with Crippen molar-refractivity contribution in [2.75, 3.05) is 19.3 Å². The van der Waals surface area contributed by atoms with Gasteiger partial charge in [-0.1, -0.05) is 12.1 Å². The van der Waals surface area contributed by atoms with Crippen LogP contribution in [0, 0.1) is 12.7 Å². The number of aromatic nitrogens is 1. The van der Waals surface area contributed by atoms with Gasteiger partial charge in [-0.3, -0.25) is 4.98 Å². The third kappa shape index (κ3) is 8.47. The maximum atomic E-state index is 13.5. The first kappa shape index (κ1) is 23.7. The number of rotatable bonds is 8. The zero-order valence-electron chi connectivity index (χ0n) is 16.1. The molecular weight excluding hydrogens is 474 g/mol. The Labute approximate surface area is 182 Å². The topological polar surface area (TPSA) is 49.3 Å². The molecule has 0 unspecified atom stereocenters. The smallest absolute Gasteiger partial charge is 0.191 e. The molecule has 1 heterocycles. The Bertz CT molecular complexity index is 722. The number of halogens is 2. The summed E-state index contributed by atoms with van der Waals surface area (Å²) in [7, 11) is 0. The van der Waals surface area contributed by atoms with Gasteiger partial charge in [0.25, 0.3) is 0 Å². The SMILES string of the molecule is CCNC(=NCc1ccc(F)cc1CSC)NCCc1ccc(C)nc1.I. The van der Waals surface area contributed by atoms with Crippen molar-refractivity contribution in [2.45, 2.75) is 32.6 Å². The van der Waals surface area contributed by atoms with Crippen molar-refractivity contribution in [3.63, 3.8) is 0 Å². The van der Waals surface area contributed by atoms with E-state index >= 15 is 0 Å². The third-order valence-corrected chi connectivity index (χ3v) is 4.50. The summed E-state index contributed by atoms with van der Waals surface area (Å²) in [5, 5.41) is 6.60. The van der Waals surface area contributed by atoms with Crippen LogP contribution in [0.15, 0.2) is 41.5 Å². The summed E-state index contributed by atoms with van der Waals surface area (Å²) in [6, 6.07) is 9.05. The van der Waals surface area contributed by atoms with Crippen molar-refractivity contribution in [1.29, 1.82) is 0 Å². The summed E-state index contributed by atoms with van der Waals surface area (Å²) < 4.78 is 13.5. The van der Waals surface area contributed by atoms with Gasteiger partial charge >= 0.3 is 0 Å². The Kier molecular flexibility index (Phi) is 11.3. The van der Waals surface area contributed by atoms with Crippen LogP contribution >= 0.6 is 35.7 Å². The number of benzene rings is 1. The lowest BCUT2D eigenvalue weighted by Crippen LogP contribution is -2.38. The summed E-state index contributed by atoms with van der Waals surface area (Å²) >= 11 is 1.68. The van der Waals surface area contributed by atoms with Crippen LogP contribution in [0.25, 0.3) is 0 Å². The molecule has 2 N–H and O–H groups in total. The van der Waals surface area contributed by atoms with Crippen molar-refractivity contribution in [3.05, 3.63) is 64.7 Å². The van der Waals surface area contributed by atoms with Gasteiger partial charge in [0, 0.05) is 30.7 Å². The number of pyridine rings is 1. The predicted octanol–water partition coefficient (Wildman–Crippen LogP) is 4.31. The van der Waals surface area contributed by atoms with E-state index in [1.54, 1.807) is 17.8 Å². The molecule has 0 aliphatic heterocycles. The van der Waals surface area contributed by atoms with Crippen LogP contribution in [0.2, 0.25) is 0 Å². The standard InChI is InChI=1S/C20H27FN4S.HI/c1-4-22-20(23-10-9-16-6-5-15(2)24-12-16)25-13-17-7-8-19(21)11-18(17)14-26-3;/h5-8,11-12H,4,9-10,13-14H2,1-3H3,(H2,22,23,25);1H. The zero-order chi connectivity index (χ0) is 18.8. The highest BCUT2D eigenvalue weighted by Gasteiger charge is 2.05. The second-order valence-corrected chi connectivity index (χ2v) is 6.89. The van der Waals surface area contributed by atoms with Gasteiger partial charge in [0.2, 0.25) is 0 Å². The van der Waals surface area contributed by atoms with E-state index in [1.807, 2.05) is 38.4 Å². The molecule has 2 aromatic rings. The number of thioether (sulfide) groups is 1. The molecule has 0 radical (unpaired) electrons. The molecule has 0 amide bonds. The van der Waals surface area contributed by atoms with Crippen molar-refractivity contribution >= 4 is 41.7 Å². The molecule has 4 nitrogen and oxygen atoms in total. The Morgan fingerprint density at radius 1 is 1.19 bits per heavy atom. The third-order valence-electron chi connectivity index (χ3n) is 3.90. The van der Waals surface area contributed by atoms with Crippen LogP contribution in [-0.2, 0) is 18.7 Å². The van der Waals surface area contributed by atoms with E-state index in [0.717, 1.165) is 48.0 Å². The van der Waals surface area contributed by atoms with Crippen molar-refractivity contribution < 1.29 is 4.39 Å². The molecule has 27 heavy (non-hydrogen) atoms. The van der Waals surface area contributed by atoms with Gasteiger partial charge in [-0.2, -0.15) is 11.8 Å². The summed E-state index contributed by atoms with van der Waals surface area (Å²) in [6.45, 7) is 6.12.